The van der Waals surface area contributed by atoms with Gasteiger partial charge in [-0.1, -0.05) is 47.1 Å². The quantitative estimate of drug-likeness (QED) is 0.534. The molecule has 5 heteroatoms. The molecule has 2 heterocycles. The van der Waals surface area contributed by atoms with E-state index in [0.717, 1.165) is 55.1 Å². The van der Waals surface area contributed by atoms with Crippen molar-refractivity contribution in [2.75, 3.05) is 17.2 Å². The van der Waals surface area contributed by atoms with Crippen LogP contribution in [0.2, 0.25) is 0 Å². The van der Waals surface area contributed by atoms with Gasteiger partial charge in [-0.2, -0.15) is 5.26 Å². The lowest BCUT2D eigenvalue weighted by molar-refractivity contribution is 0.215. The minimum atomic E-state index is 0.0794. The summed E-state index contributed by atoms with van der Waals surface area (Å²) in [6, 6.07) is 6.36. The van der Waals surface area contributed by atoms with Crippen molar-refractivity contribution in [3.8, 4) is 6.07 Å². The summed E-state index contributed by atoms with van der Waals surface area (Å²) in [6.07, 6.45) is 4.38. The van der Waals surface area contributed by atoms with E-state index in [1.165, 1.54) is 11.1 Å². The Hall–Kier alpha value is -2.61. The molecule has 5 nitrogen and oxygen atoms in total. The maximum absolute atomic E-state index is 9.95. The molecule has 2 N–H and O–H groups in total. The Morgan fingerprint density at radius 1 is 1.22 bits per heavy atom. The van der Waals surface area contributed by atoms with E-state index in [2.05, 4.69) is 65.5 Å². The number of nitrogens with two attached hydrogens (primary N) is 1. The first-order chi connectivity index (χ1) is 15.2. The second-order valence-electron chi connectivity index (χ2n) is 9.85. The molecule has 32 heavy (non-hydrogen) atoms. The van der Waals surface area contributed by atoms with E-state index >= 15 is 0 Å². The zero-order valence-corrected chi connectivity index (χ0v) is 20.9. The first-order valence-corrected chi connectivity index (χ1v) is 12.2. The predicted octanol–water partition coefficient (Wildman–Crippen LogP) is 5.78. The first-order valence-electron chi connectivity index (χ1n) is 12.2. The molecule has 0 amide bonds. The SMILES string of the molecule is CCCc1c(Cc2c([C@@H](C)CC)ccc(N)c2C#N)nc(CC)nc1N1CC(C)C1(C)C. The molecule has 1 aliphatic heterocycles. The van der Waals surface area contributed by atoms with Gasteiger partial charge in [0.25, 0.3) is 0 Å². The largest absolute Gasteiger partial charge is 0.398 e. The second-order valence-corrected chi connectivity index (χ2v) is 9.85. The Bertz CT molecular complexity index is 1020. The van der Waals surface area contributed by atoms with Crippen LogP contribution in [0.3, 0.4) is 0 Å². The lowest BCUT2D eigenvalue weighted by atomic mass is 9.77. The summed E-state index contributed by atoms with van der Waals surface area (Å²) >= 11 is 0. The van der Waals surface area contributed by atoms with Crippen LogP contribution in [0, 0.1) is 17.2 Å². The summed E-state index contributed by atoms with van der Waals surface area (Å²) in [5, 5.41) is 9.95. The van der Waals surface area contributed by atoms with Crippen LogP contribution in [-0.4, -0.2) is 22.1 Å². The highest BCUT2D eigenvalue weighted by Gasteiger charge is 2.45. The molecule has 3 rings (SSSR count). The van der Waals surface area contributed by atoms with Crippen LogP contribution in [-0.2, 0) is 19.3 Å². The fraction of sp³-hybridized carbons (Fsp3) is 0.593. The van der Waals surface area contributed by atoms with E-state index in [1.807, 2.05) is 6.07 Å². The van der Waals surface area contributed by atoms with Crippen molar-refractivity contribution in [2.45, 2.75) is 92.0 Å². The normalized spacial score (nSPS) is 18.2. The summed E-state index contributed by atoms with van der Waals surface area (Å²) in [6.45, 7) is 16.6. The molecular weight excluding hydrogens is 394 g/mol. The Labute approximate surface area is 194 Å². The number of nitrogen functional groups attached to an aromatic ring is 1. The van der Waals surface area contributed by atoms with Crippen LogP contribution < -0.4 is 10.6 Å². The molecule has 172 valence electrons. The summed E-state index contributed by atoms with van der Waals surface area (Å²) in [4.78, 5) is 12.5. The molecule has 1 fully saturated rings. The molecule has 1 aromatic carbocycles. The van der Waals surface area contributed by atoms with E-state index in [9.17, 15) is 5.26 Å². The molecule has 0 bridgehead atoms. The molecule has 0 aliphatic carbocycles. The van der Waals surface area contributed by atoms with Gasteiger partial charge in [0, 0.05) is 36.2 Å². The number of aromatic nitrogens is 2. The molecule has 0 radical (unpaired) electrons. The molecule has 1 aliphatic rings. The number of benzene rings is 1. The van der Waals surface area contributed by atoms with Crippen molar-refractivity contribution in [3.05, 3.63) is 45.9 Å². The second kappa shape index (κ2) is 9.48. The third kappa shape index (κ3) is 4.20. The number of aryl methyl sites for hydroxylation is 1. The number of hydrogen-bond acceptors (Lipinski definition) is 5. The van der Waals surface area contributed by atoms with Gasteiger partial charge in [-0.3, -0.25) is 0 Å². The van der Waals surface area contributed by atoms with Crippen molar-refractivity contribution in [1.82, 2.24) is 9.97 Å². The van der Waals surface area contributed by atoms with Crippen molar-refractivity contribution in [2.24, 2.45) is 5.92 Å². The van der Waals surface area contributed by atoms with E-state index in [1.54, 1.807) is 0 Å². The molecular formula is C27H39N5. The lowest BCUT2D eigenvalue weighted by Gasteiger charge is -2.55. The fourth-order valence-corrected chi connectivity index (χ4v) is 4.70. The number of nitriles is 1. The van der Waals surface area contributed by atoms with Gasteiger partial charge in [-0.05, 0) is 55.7 Å². The van der Waals surface area contributed by atoms with Crippen LogP contribution in [0.4, 0.5) is 11.5 Å². The summed E-state index contributed by atoms with van der Waals surface area (Å²) in [7, 11) is 0. The average molecular weight is 434 g/mol. The van der Waals surface area contributed by atoms with Crippen molar-refractivity contribution in [3.63, 3.8) is 0 Å². The van der Waals surface area contributed by atoms with Gasteiger partial charge in [0.1, 0.15) is 17.7 Å². The van der Waals surface area contributed by atoms with Gasteiger partial charge in [-0.25, -0.2) is 9.97 Å². The molecule has 0 saturated carbocycles. The highest BCUT2D eigenvalue weighted by atomic mass is 15.3. The third-order valence-corrected chi connectivity index (χ3v) is 7.53. The Balaban J connectivity index is 2.20. The van der Waals surface area contributed by atoms with Crippen molar-refractivity contribution in [1.29, 1.82) is 5.26 Å². The van der Waals surface area contributed by atoms with Crippen LogP contribution in [0.15, 0.2) is 12.1 Å². The summed E-state index contributed by atoms with van der Waals surface area (Å²) in [5.74, 6) is 2.94. The molecule has 2 atom stereocenters. The van der Waals surface area contributed by atoms with Gasteiger partial charge in [0.15, 0.2) is 0 Å². The average Bonchev–Trinajstić information content (AvgIpc) is 2.78. The van der Waals surface area contributed by atoms with E-state index in [4.69, 9.17) is 15.7 Å². The van der Waals surface area contributed by atoms with Gasteiger partial charge in [0.2, 0.25) is 0 Å². The molecule has 1 saturated heterocycles. The Kier molecular flexibility index (Phi) is 7.12. The minimum absolute atomic E-state index is 0.0794. The Morgan fingerprint density at radius 2 is 1.94 bits per heavy atom. The van der Waals surface area contributed by atoms with E-state index in [-0.39, 0.29) is 5.54 Å². The van der Waals surface area contributed by atoms with E-state index in [0.29, 0.717) is 29.5 Å². The molecule has 2 aromatic rings. The predicted molar refractivity (Wildman–Crippen MR) is 133 cm³/mol. The highest BCUT2D eigenvalue weighted by molar-refractivity contribution is 5.63. The number of hydrogen-bond donors (Lipinski definition) is 1. The zero-order chi connectivity index (χ0) is 23.6. The lowest BCUT2D eigenvalue weighted by Crippen LogP contribution is -2.63. The zero-order valence-electron chi connectivity index (χ0n) is 20.9. The molecule has 1 unspecified atom stereocenters. The molecule has 1 aromatic heterocycles. The summed E-state index contributed by atoms with van der Waals surface area (Å²) < 4.78 is 0. The number of rotatable bonds is 8. The van der Waals surface area contributed by atoms with Gasteiger partial charge in [-0.15, -0.1) is 0 Å². The molecule has 0 spiro atoms. The maximum atomic E-state index is 9.95. The first kappa shape index (κ1) is 24.0. The highest BCUT2D eigenvalue weighted by Crippen LogP contribution is 2.41. The topological polar surface area (TPSA) is 78.8 Å². The van der Waals surface area contributed by atoms with E-state index < -0.39 is 0 Å². The van der Waals surface area contributed by atoms with Crippen molar-refractivity contribution < 1.29 is 0 Å². The van der Waals surface area contributed by atoms with Crippen LogP contribution in [0.5, 0.6) is 0 Å². The smallest absolute Gasteiger partial charge is 0.136 e. The van der Waals surface area contributed by atoms with Crippen molar-refractivity contribution >= 4 is 11.5 Å². The van der Waals surface area contributed by atoms with Gasteiger partial charge >= 0.3 is 0 Å². The fourth-order valence-electron chi connectivity index (χ4n) is 4.70. The van der Waals surface area contributed by atoms with Crippen LogP contribution in [0.25, 0.3) is 0 Å². The Morgan fingerprint density at radius 3 is 2.47 bits per heavy atom. The standard InChI is InChI=1S/C27H39N5/c1-8-11-20-24(14-21-19(17(4)9-2)12-13-23(29)22(21)15-28)30-25(10-3)31-26(20)32-16-18(5)27(32,6)7/h12-13,17-18H,8-11,14,16,29H2,1-7H3/t17-,18?/m0/s1. The van der Waals surface area contributed by atoms with Crippen LogP contribution in [0.1, 0.15) is 101 Å². The minimum Gasteiger partial charge on any atom is -0.398 e. The summed E-state index contributed by atoms with van der Waals surface area (Å²) in [5.41, 5.74) is 12.0. The monoisotopic (exact) mass is 433 g/mol. The van der Waals surface area contributed by atoms with Gasteiger partial charge < -0.3 is 10.6 Å². The van der Waals surface area contributed by atoms with Gasteiger partial charge in [0.05, 0.1) is 11.3 Å². The number of anilines is 2. The number of nitrogens with zero attached hydrogens (tertiary/aromatic N) is 4. The maximum Gasteiger partial charge on any atom is 0.136 e. The third-order valence-electron chi connectivity index (χ3n) is 7.53. The van der Waals surface area contributed by atoms with Crippen LogP contribution >= 0.6 is 0 Å².